The number of hydrogen-bond acceptors (Lipinski definition) is 2. The molecule has 0 aliphatic rings. The largest absolute Gasteiger partial charge is 0.325 e. The maximum absolute atomic E-state index is 13.4. The molecular formula is C16H12ClFN2. The zero-order valence-corrected chi connectivity index (χ0v) is 11.4. The van der Waals surface area contributed by atoms with Crippen LogP contribution in [0.5, 0.6) is 0 Å². The fourth-order valence-corrected chi connectivity index (χ4v) is 2.49. The second-order valence-corrected chi connectivity index (χ2v) is 4.96. The third kappa shape index (κ3) is 2.26. The molecule has 0 radical (unpaired) electrons. The highest BCUT2D eigenvalue weighted by Gasteiger charge is 2.09. The summed E-state index contributed by atoms with van der Waals surface area (Å²) in [7, 11) is 0. The Morgan fingerprint density at radius 1 is 1.10 bits per heavy atom. The lowest BCUT2D eigenvalue weighted by atomic mass is 9.99. The average Bonchev–Trinajstić information content (AvgIpc) is 2.46. The van der Waals surface area contributed by atoms with Gasteiger partial charge in [0.05, 0.1) is 5.69 Å². The first-order valence-electron chi connectivity index (χ1n) is 6.22. The van der Waals surface area contributed by atoms with Crippen LogP contribution in [0.3, 0.4) is 0 Å². The molecular weight excluding hydrogens is 275 g/mol. The first-order chi connectivity index (χ1) is 9.69. The lowest BCUT2D eigenvalue weighted by molar-refractivity contribution is 0.628. The second-order valence-electron chi connectivity index (χ2n) is 4.52. The molecule has 0 bridgehead atoms. The van der Waals surface area contributed by atoms with Crippen LogP contribution in [0.15, 0.2) is 48.7 Å². The minimum Gasteiger partial charge on any atom is -0.325 e. The van der Waals surface area contributed by atoms with Crippen molar-refractivity contribution in [3.63, 3.8) is 0 Å². The molecule has 1 heterocycles. The van der Waals surface area contributed by atoms with E-state index in [1.807, 2.05) is 24.3 Å². The van der Waals surface area contributed by atoms with Crippen LogP contribution in [0, 0.1) is 5.82 Å². The Labute approximate surface area is 121 Å². The van der Waals surface area contributed by atoms with Gasteiger partial charge in [0.15, 0.2) is 0 Å². The minimum absolute atomic E-state index is 0.271. The van der Waals surface area contributed by atoms with Crippen molar-refractivity contribution in [2.45, 2.75) is 6.54 Å². The molecule has 0 aliphatic carbocycles. The lowest BCUT2D eigenvalue weighted by Crippen LogP contribution is -2.01. The zero-order chi connectivity index (χ0) is 14.1. The number of fused-ring (bicyclic) bond motifs is 1. The summed E-state index contributed by atoms with van der Waals surface area (Å²) in [5.74, 6) is -0.271. The van der Waals surface area contributed by atoms with Crippen LogP contribution in [-0.4, -0.2) is 4.98 Å². The number of nitrogens with zero attached hydrogens (tertiary/aromatic N) is 1. The van der Waals surface area contributed by atoms with Crippen molar-refractivity contribution in [2.24, 2.45) is 5.73 Å². The van der Waals surface area contributed by atoms with Crippen LogP contribution in [0.1, 0.15) is 5.69 Å². The molecule has 2 aromatic carbocycles. The maximum atomic E-state index is 13.4. The van der Waals surface area contributed by atoms with Crippen LogP contribution < -0.4 is 5.73 Å². The molecule has 0 unspecified atom stereocenters. The predicted octanol–water partition coefficient (Wildman–Crippen LogP) is 4.15. The SMILES string of the molecule is NCc1ncc(-c2cccc(F)c2)c2ccc(Cl)cc12. The number of halogens is 2. The highest BCUT2D eigenvalue weighted by Crippen LogP contribution is 2.31. The van der Waals surface area contributed by atoms with Crippen molar-refractivity contribution in [1.82, 2.24) is 4.98 Å². The summed E-state index contributed by atoms with van der Waals surface area (Å²) in [6, 6.07) is 12.0. The van der Waals surface area contributed by atoms with Gasteiger partial charge >= 0.3 is 0 Å². The highest BCUT2D eigenvalue weighted by molar-refractivity contribution is 6.31. The van der Waals surface area contributed by atoms with Gasteiger partial charge in [0.1, 0.15) is 5.82 Å². The Morgan fingerprint density at radius 2 is 1.95 bits per heavy atom. The summed E-state index contributed by atoms with van der Waals surface area (Å²) in [6.45, 7) is 0.334. The van der Waals surface area contributed by atoms with E-state index in [0.717, 1.165) is 27.6 Å². The van der Waals surface area contributed by atoms with Gasteiger partial charge in [-0.3, -0.25) is 4.98 Å². The van der Waals surface area contributed by atoms with Gasteiger partial charge < -0.3 is 5.73 Å². The first kappa shape index (κ1) is 13.0. The van der Waals surface area contributed by atoms with Gasteiger partial charge in [-0.1, -0.05) is 29.8 Å². The molecule has 20 heavy (non-hydrogen) atoms. The van der Waals surface area contributed by atoms with Gasteiger partial charge in [-0.05, 0) is 35.2 Å². The summed E-state index contributed by atoms with van der Waals surface area (Å²) in [5.41, 5.74) is 8.15. The van der Waals surface area contributed by atoms with E-state index < -0.39 is 0 Å². The second kappa shape index (κ2) is 5.19. The van der Waals surface area contributed by atoms with Gasteiger partial charge in [0.2, 0.25) is 0 Å². The van der Waals surface area contributed by atoms with Crippen molar-refractivity contribution in [3.8, 4) is 11.1 Å². The summed E-state index contributed by atoms with van der Waals surface area (Å²) in [5, 5.41) is 2.50. The Hall–Kier alpha value is -1.97. The minimum atomic E-state index is -0.271. The molecule has 0 spiro atoms. The molecule has 1 aromatic heterocycles. The Morgan fingerprint density at radius 3 is 2.70 bits per heavy atom. The fraction of sp³-hybridized carbons (Fsp3) is 0.0625. The van der Waals surface area contributed by atoms with Gasteiger partial charge in [-0.25, -0.2) is 4.39 Å². The first-order valence-corrected chi connectivity index (χ1v) is 6.60. The number of pyridine rings is 1. The van der Waals surface area contributed by atoms with E-state index in [1.165, 1.54) is 12.1 Å². The summed E-state index contributed by atoms with van der Waals surface area (Å²) in [6.07, 6.45) is 1.73. The molecule has 3 aromatic rings. The summed E-state index contributed by atoms with van der Waals surface area (Å²) in [4.78, 5) is 4.37. The monoisotopic (exact) mass is 286 g/mol. The summed E-state index contributed by atoms with van der Waals surface area (Å²) < 4.78 is 13.4. The van der Waals surface area contributed by atoms with Crippen LogP contribution in [0.2, 0.25) is 5.02 Å². The number of aromatic nitrogens is 1. The van der Waals surface area contributed by atoms with E-state index in [-0.39, 0.29) is 5.82 Å². The third-order valence-electron chi connectivity index (χ3n) is 3.26. The van der Waals surface area contributed by atoms with E-state index in [9.17, 15) is 4.39 Å². The van der Waals surface area contributed by atoms with Crippen LogP contribution in [0.4, 0.5) is 4.39 Å². The maximum Gasteiger partial charge on any atom is 0.123 e. The van der Waals surface area contributed by atoms with Crippen molar-refractivity contribution in [3.05, 3.63) is 65.2 Å². The van der Waals surface area contributed by atoms with E-state index in [0.29, 0.717) is 11.6 Å². The standard InChI is InChI=1S/C16H12ClFN2/c17-11-4-5-13-14(7-11)16(8-19)20-9-15(13)10-2-1-3-12(18)6-10/h1-7,9H,8,19H2. The molecule has 2 nitrogen and oxygen atoms in total. The molecule has 0 aliphatic heterocycles. The molecule has 4 heteroatoms. The lowest BCUT2D eigenvalue weighted by Gasteiger charge is -2.10. The number of rotatable bonds is 2. The molecule has 2 N–H and O–H groups in total. The number of hydrogen-bond donors (Lipinski definition) is 1. The number of benzene rings is 2. The highest BCUT2D eigenvalue weighted by atomic mass is 35.5. The van der Waals surface area contributed by atoms with Crippen molar-refractivity contribution >= 4 is 22.4 Å². The molecule has 0 saturated heterocycles. The fourth-order valence-electron chi connectivity index (χ4n) is 2.32. The zero-order valence-electron chi connectivity index (χ0n) is 10.6. The molecule has 0 amide bonds. The van der Waals surface area contributed by atoms with Gasteiger partial charge in [-0.15, -0.1) is 0 Å². The Bertz CT molecular complexity index is 787. The number of nitrogens with two attached hydrogens (primary N) is 1. The molecule has 0 atom stereocenters. The van der Waals surface area contributed by atoms with Gasteiger partial charge in [-0.2, -0.15) is 0 Å². The molecule has 100 valence electrons. The molecule has 0 saturated carbocycles. The Kier molecular flexibility index (Phi) is 3.38. The van der Waals surface area contributed by atoms with Gasteiger partial charge in [0.25, 0.3) is 0 Å². The summed E-state index contributed by atoms with van der Waals surface area (Å²) >= 11 is 6.04. The van der Waals surface area contributed by atoms with E-state index >= 15 is 0 Å². The smallest absolute Gasteiger partial charge is 0.123 e. The quantitative estimate of drug-likeness (QED) is 0.768. The van der Waals surface area contributed by atoms with Crippen LogP contribution in [0.25, 0.3) is 21.9 Å². The molecule has 3 rings (SSSR count). The van der Waals surface area contributed by atoms with Crippen molar-refractivity contribution in [1.29, 1.82) is 0 Å². The van der Waals surface area contributed by atoms with E-state index in [2.05, 4.69) is 4.98 Å². The van der Waals surface area contributed by atoms with Crippen molar-refractivity contribution in [2.75, 3.05) is 0 Å². The normalized spacial score (nSPS) is 10.9. The van der Waals surface area contributed by atoms with Crippen LogP contribution in [-0.2, 0) is 6.54 Å². The van der Waals surface area contributed by atoms with E-state index in [1.54, 1.807) is 12.3 Å². The van der Waals surface area contributed by atoms with Crippen molar-refractivity contribution < 1.29 is 4.39 Å². The van der Waals surface area contributed by atoms with Gasteiger partial charge in [0, 0.05) is 28.7 Å². The van der Waals surface area contributed by atoms with Crippen LogP contribution >= 0.6 is 11.6 Å². The predicted molar refractivity (Wildman–Crippen MR) is 80.0 cm³/mol. The Balaban J connectivity index is 2.32. The third-order valence-corrected chi connectivity index (χ3v) is 3.50. The average molecular weight is 287 g/mol. The van der Waals surface area contributed by atoms with E-state index in [4.69, 9.17) is 17.3 Å². The molecule has 0 fully saturated rings. The topological polar surface area (TPSA) is 38.9 Å².